The number of aryl methyl sites for hydroxylation is 1. The van der Waals surface area contributed by atoms with E-state index in [1.165, 1.54) is 56.2 Å². The van der Waals surface area contributed by atoms with Gasteiger partial charge in [-0.1, -0.05) is 55.5 Å². The number of aromatic nitrogens is 8. The number of nitrogens with two attached hydrogens (primary N) is 2. The molecule has 25 heteroatoms. The molecule has 2 saturated heterocycles. The number of anilines is 4. The summed E-state index contributed by atoms with van der Waals surface area (Å²) in [6.45, 7) is 5.69. The summed E-state index contributed by atoms with van der Waals surface area (Å²) in [5.41, 5.74) is 26.3. The van der Waals surface area contributed by atoms with E-state index in [2.05, 4.69) is 65.8 Å². The maximum absolute atomic E-state index is 13.6. The Kier molecular flexibility index (Phi) is 27.3. The molecule has 456 valence electrons. The molecular formula is C57H85Cl7F2N16. The molecule has 4 aliphatic carbocycles. The number of piperidine rings is 2. The molecule has 2 aliphatic heterocycles. The van der Waals surface area contributed by atoms with E-state index in [0.717, 1.165) is 179 Å². The first-order valence-electron chi connectivity index (χ1n) is 28.8. The van der Waals surface area contributed by atoms with Gasteiger partial charge >= 0.3 is 0 Å². The molecule has 2 aromatic carbocycles. The summed E-state index contributed by atoms with van der Waals surface area (Å²) in [5.74, 6) is 2.42. The highest BCUT2D eigenvalue weighted by atomic mass is 35.5. The number of hydrazine groups is 2. The monoisotopic (exact) mass is 1280 g/mol. The lowest BCUT2D eigenvalue weighted by molar-refractivity contribution is 0.216. The molecule has 0 spiro atoms. The summed E-state index contributed by atoms with van der Waals surface area (Å²) in [5, 5.41) is 12.6. The molecule has 0 amide bonds. The van der Waals surface area contributed by atoms with Crippen molar-refractivity contribution in [2.24, 2.45) is 23.3 Å². The van der Waals surface area contributed by atoms with Crippen LogP contribution in [0.25, 0.3) is 22.3 Å². The van der Waals surface area contributed by atoms with Crippen LogP contribution < -0.4 is 33.0 Å². The summed E-state index contributed by atoms with van der Waals surface area (Å²) >= 11 is 6.37. The van der Waals surface area contributed by atoms with E-state index in [4.69, 9.17) is 53.0 Å². The Morgan fingerprint density at radius 1 is 0.512 bits per heavy atom. The van der Waals surface area contributed by atoms with Crippen molar-refractivity contribution in [2.45, 2.75) is 184 Å². The van der Waals surface area contributed by atoms with Crippen LogP contribution in [-0.4, -0.2) is 99.4 Å². The summed E-state index contributed by atoms with van der Waals surface area (Å²) in [7, 11) is 0. The smallest absolute Gasteiger partial charge is 0.227 e. The van der Waals surface area contributed by atoms with Crippen LogP contribution in [0.2, 0.25) is 5.02 Å². The largest absolute Gasteiger partial charge is 0.351 e. The molecule has 6 heterocycles. The summed E-state index contributed by atoms with van der Waals surface area (Å²) in [6.07, 6.45) is 28.0. The molecule has 16 nitrogen and oxygen atoms in total. The minimum absolute atomic E-state index is 0. The average Bonchev–Trinajstić information content (AvgIpc) is 4.33. The predicted octanol–water partition coefficient (Wildman–Crippen LogP) is 13.6. The van der Waals surface area contributed by atoms with Crippen molar-refractivity contribution in [2.75, 3.05) is 47.7 Å². The van der Waals surface area contributed by atoms with Crippen molar-refractivity contribution in [1.82, 2.24) is 49.1 Å². The molecule has 0 radical (unpaired) electrons. The third kappa shape index (κ3) is 17.3. The third-order valence-corrected chi connectivity index (χ3v) is 17.9. The Hall–Kier alpha value is -3.53. The second-order valence-corrected chi connectivity index (χ2v) is 23.6. The summed E-state index contributed by atoms with van der Waals surface area (Å²) in [6, 6.07) is 13.0. The Labute approximate surface area is 524 Å². The van der Waals surface area contributed by atoms with Gasteiger partial charge in [-0.25, -0.2) is 28.8 Å². The fraction of sp³-hybridized carbons (Fsp3) is 0.614. The molecule has 0 atom stereocenters. The number of benzene rings is 2. The minimum atomic E-state index is -0.791. The lowest BCUT2D eigenvalue weighted by atomic mass is 9.90. The molecule has 82 heavy (non-hydrogen) atoms. The van der Waals surface area contributed by atoms with Crippen LogP contribution in [0.3, 0.4) is 0 Å². The van der Waals surface area contributed by atoms with Crippen molar-refractivity contribution in [3.63, 3.8) is 0 Å². The summed E-state index contributed by atoms with van der Waals surface area (Å²) in [4.78, 5) is 29.4. The van der Waals surface area contributed by atoms with Crippen LogP contribution >= 0.6 is 86.0 Å². The Morgan fingerprint density at radius 3 is 1.32 bits per heavy atom. The van der Waals surface area contributed by atoms with Crippen LogP contribution in [0.15, 0.2) is 49.1 Å². The predicted molar refractivity (Wildman–Crippen MR) is 343 cm³/mol. The topological polar surface area (TPSA) is 194 Å². The Balaban J connectivity index is 0.000000280. The second kappa shape index (κ2) is 32.3. The molecule has 0 unspecified atom stereocenters. The van der Waals surface area contributed by atoms with Gasteiger partial charge in [0.05, 0.1) is 12.7 Å². The average molecular weight is 1280 g/mol. The molecular weight excluding hydrogens is 1190 g/mol. The van der Waals surface area contributed by atoms with Gasteiger partial charge < -0.3 is 42.1 Å². The van der Waals surface area contributed by atoms with Gasteiger partial charge in [0.15, 0.2) is 45.6 Å². The number of fused-ring (bicyclic) bond motifs is 2. The molecule has 6 fully saturated rings. The maximum atomic E-state index is 13.6. The zero-order chi connectivity index (χ0) is 52.1. The Bertz CT molecular complexity index is 2700. The number of hydrogen-bond acceptors (Lipinski definition) is 14. The van der Waals surface area contributed by atoms with E-state index in [9.17, 15) is 8.78 Å². The van der Waals surface area contributed by atoms with Gasteiger partial charge in [-0.2, -0.15) is 19.9 Å². The van der Waals surface area contributed by atoms with Gasteiger partial charge in [0.1, 0.15) is 0 Å². The van der Waals surface area contributed by atoms with Crippen molar-refractivity contribution in [1.29, 1.82) is 0 Å². The molecule has 4 aromatic heterocycles. The van der Waals surface area contributed by atoms with Gasteiger partial charge in [-0.15, -0.1) is 74.4 Å². The van der Waals surface area contributed by atoms with E-state index < -0.39 is 11.6 Å². The van der Waals surface area contributed by atoms with Gasteiger partial charge in [-0.05, 0) is 169 Å². The number of imidazole rings is 2. The zero-order valence-corrected chi connectivity index (χ0v) is 52.5. The highest BCUT2D eigenvalue weighted by molar-refractivity contribution is 6.31. The molecule has 4 saturated carbocycles. The van der Waals surface area contributed by atoms with E-state index >= 15 is 0 Å². The zero-order valence-electron chi connectivity index (χ0n) is 46.8. The van der Waals surface area contributed by atoms with E-state index in [-0.39, 0.29) is 74.4 Å². The first kappa shape index (κ1) is 69.2. The highest BCUT2D eigenvalue weighted by Gasteiger charge is 2.29. The van der Waals surface area contributed by atoms with Gasteiger partial charge in [0, 0.05) is 67.5 Å². The van der Waals surface area contributed by atoms with Crippen LogP contribution in [0, 0.1) is 30.4 Å². The van der Waals surface area contributed by atoms with Gasteiger partial charge in [0.25, 0.3) is 0 Å². The van der Waals surface area contributed by atoms with Crippen molar-refractivity contribution in [3.05, 3.63) is 82.4 Å². The van der Waals surface area contributed by atoms with E-state index in [1.807, 2.05) is 12.7 Å². The lowest BCUT2D eigenvalue weighted by Crippen LogP contribution is -2.39. The number of rotatable bonds is 14. The maximum Gasteiger partial charge on any atom is 0.227 e. The molecule has 6 aromatic rings. The first-order valence-corrected chi connectivity index (χ1v) is 29.2. The number of nitrogens with one attached hydrogen (secondary N) is 4. The van der Waals surface area contributed by atoms with E-state index in [1.54, 1.807) is 6.07 Å². The van der Waals surface area contributed by atoms with Crippen LogP contribution in [-0.2, 0) is 12.8 Å². The van der Waals surface area contributed by atoms with Crippen LogP contribution in [0.4, 0.5) is 32.3 Å². The van der Waals surface area contributed by atoms with E-state index in [0.29, 0.717) is 60.0 Å². The van der Waals surface area contributed by atoms with Gasteiger partial charge in [-0.3, -0.25) is 0 Å². The second-order valence-electron chi connectivity index (χ2n) is 23.2. The molecule has 0 bridgehead atoms. The number of nitrogens with zero attached hydrogens (tertiary/aromatic N) is 10. The van der Waals surface area contributed by atoms with Crippen LogP contribution in [0.5, 0.6) is 0 Å². The SMILES string of the molecule is Cc1ccc(CC2CCN(Nc3nc(NC4CCC(N)CC4)nc4c3ncn4C3CCCC3)CC2)cc1Cl.Cl.Cl.Cl.Cl.Cl.Cl.NC1CCC(Nc2nc(NN3CCC(Cc4ccc(F)c(F)c4)CC3)c3ncn(C4CCCC4)c3n2)CC1. The molecule has 6 aliphatic rings. The van der Waals surface area contributed by atoms with Gasteiger partial charge in [0.2, 0.25) is 11.9 Å². The fourth-order valence-corrected chi connectivity index (χ4v) is 13.0. The first-order chi connectivity index (χ1) is 37.0. The fourth-order valence-electron chi connectivity index (χ4n) is 12.8. The normalized spacial score (nSPS) is 22.0. The molecule has 12 rings (SSSR count). The molecule has 8 N–H and O–H groups in total. The van der Waals surface area contributed by atoms with Crippen LogP contribution in [0.1, 0.15) is 157 Å². The number of hydrogen-bond donors (Lipinski definition) is 6. The lowest BCUT2D eigenvalue weighted by Gasteiger charge is -2.32. The summed E-state index contributed by atoms with van der Waals surface area (Å²) < 4.78 is 31.5. The van der Waals surface area contributed by atoms with Crippen molar-refractivity contribution < 1.29 is 8.78 Å². The minimum Gasteiger partial charge on any atom is -0.351 e. The standard InChI is InChI=1S/C29H41ClN8.C28H38F2N8.6ClH/c1-19-6-7-21(17-25(19)30)16-20-12-14-37(15-13-20)36-27-26-28(38(18-32-26)24-4-2-3-5-24)35-29(34-27)33-23-10-8-22(31)9-11-23;29-23-10-5-19(16-24(23)30)15-18-11-13-37(14-12-18)36-26-25-27(38(17-32-25)22-3-1-2-4-22)35-28(34-26)33-21-8-6-20(31)7-9-21;;;;;;/h6-7,17-18,20,22-24H,2-5,8-16,31H2,1H3,(H2,33,34,35,36);5,10,16-18,20-22H,1-4,6-9,11-15,31H2,(H2,33,34,35,36);6*1H. The number of halogens is 9. The van der Waals surface area contributed by atoms with Crippen molar-refractivity contribution >= 4 is 132 Å². The van der Waals surface area contributed by atoms with Crippen molar-refractivity contribution in [3.8, 4) is 0 Å². The third-order valence-electron chi connectivity index (χ3n) is 17.5. The Morgan fingerprint density at radius 2 is 0.915 bits per heavy atom. The highest BCUT2D eigenvalue weighted by Crippen LogP contribution is 2.36. The quantitative estimate of drug-likeness (QED) is 0.0603.